The fraction of sp³-hybridized carbons (Fsp3) is 0.368. The van der Waals surface area contributed by atoms with Gasteiger partial charge in [0.1, 0.15) is 11.3 Å². The highest BCUT2D eigenvalue weighted by Gasteiger charge is 2.15. The molecule has 6 heteroatoms. The number of para-hydroxylation sites is 1. The lowest BCUT2D eigenvalue weighted by atomic mass is 10.1. The summed E-state index contributed by atoms with van der Waals surface area (Å²) in [7, 11) is 0. The van der Waals surface area contributed by atoms with E-state index in [-0.39, 0.29) is 5.91 Å². The van der Waals surface area contributed by atoms with Gasteiger partial charge in [-0.25, -0.2) is 0 Å². The predicted octanol–water partition coefficient (Wildman–Crippen LogP) is 3.45. The minimum absolute atomic E-state index is 0.261. The Morgan fingerprint density at radius 2 is 2.04 bits per heavy atom. The molecule has 1 aromatic heterocycles. The van der Waals surface area contributed by atoms with Crippen LogP contribution in [0, 0.1) is 0 Å². The van der Waals surface area contributed by atoms with Gasteiger partial charge in [0.2, 0.25) is 0 Å². The highest BCUT2D eigenvalue weighted by molar-refractivity contribution is 7.80. The van der Waals surface area contributed by atoms with Crippen molar-refractivity contribution < 1.29 is 9.21 Å². The van der Waals surface area contributed by atoms with Gasteiger partial charge in [0.25, 0.3) is 5.91 Å². The van der Waals surface area contributed by atoms with E-state index in [1.54, 1.807) is 6.08 Å². The van der Waals surface area contributed by atoms with Gasteiger partial charge in [-0.1, -0.05) is 38.0 Å². The summed E-state index contributed by atoms with van der Waals surface area (Å²) >= 11 is 5.20. The van der Waals surface area contributed by atoms with Crippen LogP contribution < -0.4 is 16.2 Å². The van der Waals surface area contributed by atoms with Crippen LogP contribution in [0.4, 0.5) is 0 Å². The molecule has 1 aliphatic rings. The molecule has 0 radical (unpaired) electrons. The summed E-state index contributed by atoms with van der Waals surface area (Å²) in [4.78, 5) is 12.0. The number of thiocarbonyl (C=S) groups is 1. The van der Waals surface area contributed by atoms with Gasteiger partial charge < -0.3 is 9.73 Å². The highest BCUT2D eigenvalue weighted by atomic mass is 32.1. The van der Waals surface area contributed by atoms with Crippen molar-refractivity contribution in [1.29, 1.82) is 0 Å². The highest BCUT2D eigenvalue weighted by Crippen LogP contribution is 2.27. The van der Waals surface area contributed by atoms with Crippen LogP contribution in [-0.2, 0) is 11.2 Å². The van der Waals surface area contributed by atoms with Crippen molar-refractivity contribution >= 4 is 40.3 Å². The molecular formula is C19H23N3O2S. The van der Waals surface area contributed by atoms with Gasteiger partial charge in [0, 0.05) is 29.5 Å². The molecule has 25 heavy (non-hydrogen) atoms. The van der Waals surface area contributed by atoms with E-state index >= 15 is 0 Å². The summed E-state index contributed by atoms with van der Waals surface area (Å²) < 4.78 is 5.82. The Morgan fingerprint density at radius 3 is 2.80 bits per heavy atom. The number of aryl methyl sites for hydroxylation is 1. The largest absolute Gasteiger partial charge is 0.460 e. The molecule has 0 atom stereocenters. The second-order valence-electron chi connectivity index (χ2n) is 6.19. The summed E-state index contributed by atoms with van der Waals surface area (Å²) in [6, 6.07) is 8.24. The minimum atomic E-state index is -0.261. The van der Waals surface area contributed by atoms with E-state index in [2.05, 4.69) is 16.2 Å². The van der Waals surface area contributed by atoms with Gasteiger partial charge in [-0.2, -0.15) is 0 Å². The molecule has 3 N–H and O–H groups in total. The topological polar surface area (TPSA) is 66.3 Å². The van der Waals surface area contributed by atoms with E-state index in [1.165, 1.54) is 18.9 Å². The second-order valence-corrected chi connectivity index (χ2v) is 6.60. The van der Waals surface area contributed by atoms with Crippen molar-refractivity contribution in [3.05, 3.63) is 41.7 Å². The van der Waals surface area contributed by atoms with Gasteiger partial charge >= 0.3 is 0 Å². The molecule has 132 valence electrons. The van der Waals surface area contributed by atoms with Crippen molar-refractivity contribution in [2.24, 2.45) is 0 Å². The number of hydrogen-bond acceptors (Lipinski definition) is 3. The SMILES string of the molecule is CCc1oc2ccccc2c1/C=C/C(=O)NNC(=S)NC1CCCC1. The molecule has 1 saturated carbocycles. The zero-order valence-electron chi connectivity index (χ0n) is 14.3. The molecule has 1 aliphatic carbocycles. The molecule has 1 aromatic carbocycles. The number of carbonyl (C=O) groups is 1. The van der Waals surface area contributed by atoms with Crippen LogP contribution >= 0.6 is 12.2 Å². The smallest absolute Gasteiger partial charge is 0.262 e. The number of carbonyl (C=O) groups excluding carboxylic acids is 1. The Balaban J connectivity index is 1.58. The van der Waals surface area contributed by atoms with E-state index in [0.29, 0.717) is 11.2 Å². The number of rotatable bonds is 4. The minimum Gasteiger partial charge on any atom is -0.460 e. The lowest BCUT2D eigenvalue weighted by Gasteiger charge is -2.15. The molecule has 0 saturated heterocycles. The van der Waals surface area contributed by atoms with E-state index in [9.17, 15) is 4.79 Å². The Labute approximate surface area is 152 Å². The van der Waals surface area contributed by atoms with Crippen LogP contribution in [-0.4, -0.2) is 17.1 Å². The standard InChI is InChI=1S/C19H23N3O2S/c1-2-16-15(14-9-5-6-10-17(14)24-16)11-12-18(23)21-22-19(25)20-13-7-3-4-8-13/h5-6,9-13H,2-4,7-8H2,1H3,(H,21,23)(H2,20,22,25)/b12-11+. The Morgan fingerprint density at radius 1 is 1.28 bits per heavy atom. The summed E-state index contributed by atoms with van der Waals surface area (Å²) in [5, 5.41) is 4.68. The number of benzene rings is 1. The van der Waals surface area contributed by atoms with Crippen LogP contribution in [0.15, 0.2) is 34.8 Å². The van der Waals surface area contributed by atoms with Crippen molar-refractivity contribution in [1.82, 2.24) is 16.2 Å². The van der Waals surface area contributed by atoms with Gasteiger partial charge in [-0.15, -0.1) is 0 Å². The number of fused-ring (bicyclic) bond motifs is 1. The Hall–Kier alpha value is -2.34. The fourth-order valence-electron chi connectivity index (χ4n) is 3.17. The Kier molecular flexibility index (Phi) is 5.71. The molecule has 1 heterocycles. The van der Waals surface area contributed by atoms with Gasteiger partial charge in [-0.05, 0) is 37.2 Å². The molecule has 1 amide bonds. The Bertz CT molecular complexity index is 791. The first-order valence-electron chi connectivity index (χ1n) is 8.72. The zero-order chi connectivity index (χ0) is 17.6. The lowest BCUT2D eigenvalue weighted by molar-refractivity contribution is -0.116. The van der Waals surface area contributed by atoms with Gasteiger partial charge in [0.05, 0.1) is 0 Å². The zero-order valence-corrected chi connectivity index (χ0v) is 15.1. The van der Waals surface area contributed by atoms with E-state index in [1.807, 2.05) is 31.2 Å². The average Bonchev–Trinajstić information content (AvgIpc) is 3.25. The van der Waals surface area contributed by atoms with E-state index in [4.69, 9.17) is 16.6 Å². The molecule has 5 nitrogen and oxygen atoms in total. The maximum Gasteiger partial charge on any atom is 0.262 e. The van der Waals surface area contributed by atoms with E-state index in [0.717, 1.165) is 41.6 Å². The van der Waals surface area contributed by atoms with Crippen LogP contribution in [0.2, 0.25) is 0 Å². The molecule has 2 aromatic rings. The van der Waals surface area contributed by atoms with E-state index < -0.39 is 0 Å². The quantitative estimate of drug-likeness (QED) is 0.444. The number of hydrogen-bond donors (Lipinski definition) is 3. The van der Waals surface area contributed by atoms with Crippen molar-refractivity contribution in [3.63, 3.8) is 0 Å². The third kappa shape index (κ3) is 4.39. The number of nitrogens with one attached hydrogen (secondary N) is 3. The predicted molar refractivity (Wildman–Crippen MR) is 104 cm³/mol. The molecule has 0 spiro atoms. The van der Waals surface area contributed by atoms with Crippen molar-refractivity contribution in [2.75, 3.05) is 0 Å². The van der Waals surface area contributed by atoms with Crippen molar-refractivity contribution in [3.8, 4) is 0 Å². The number of furan rings is 1. The molecule has 3 rings (SSSR count). The average molecular weight is 357 g/mol. The summed E-state index contributed by atoms with van der Waals surface area (Å²) in [6.45, 7) is 2.03. The maximum absolute atomic E-state index is 12.0. The monoisotopic (exact) mass is 357 g/mol. The molecule has 0 bridgehead atoms. The van der Waals surface area contributed by atoms with Crippen LogP contribution in [0.1, 0.15) is 43.9 Å². The first-order valence-corrected chi connectivity index (χ1v) is 9.13. The fourth-order valence-corrected chi connectivity index (χ4v) is 3.39. The van der Waals surface area contributed by atoms with Crippen LogP contribution in [0.25, 0.3) is 17.0 Å². The summed E-state index contributed by atoms with van der Waals surface area (Å²) in [5.41, 5.74) is 7.12. The number of hydrazine groups is 1. The van der Waals surface area contributed by atoms with Gasteiger partial charge in [-0.3, -0.25) is 15.6 Å². The maximum atomic E-state index is 12.0. The molecule has 0 unspecified atom stereocenters. The molecule has 1 fully saturated rings. The summed E-state index contributed by atoms with van der Waals surface area (Å²) in [5.74, 6) is 0.611. The first-order chi connectivity index (χ1) is 12.2. The van der Waals surface area contributed by atoms with Crippen molar-refractivity contribution in [2.45, 2.75) is 45.1 Å². The third-order valence-electron chi connectivity index (χ3n) is 4.42. The first kappa shape index (κ1) is 17.5. The lowest BCUT2D eigenvalue weighted by Crippen LogP contribution is -2.48. The second kappa shape index (κ2) is 8.16. The van der Waals surface area contributed by atoms with Crippen LogP contribution in [0.5, 0.6) is 0 Å². The van der Waals surface area contributed by atoms with Crippen LogP contribution in [0.3, 0.4) is 0 Å². The third-order valence-corrected chi connectivity index (χ3v) is 4.64. The number of amides is 1. The van der Waals surface area contributed by atoms with Gasteiger partial charge in [0.15, 0.2) is 5.11 Å². The normalized spacial score (nSPS) is 14.9. The summed E-state index contributed by atoms with van der Waals surface area (Å²) in [6.07, 6.45) is 8.76. The molecule has 0 aliphatic heterocycles. The molecular weight excluding hydrogens is 334 g/mol.